The van der Waals surface area contributed by atoms with Crippen molar-refractivity contribution in [1.82, 2.24) is 4.90 Å². The summed E-state index contributed by atoms with van der Waals surface area (Å²) >= 11 is 5.95. The van der Waals surface area contributed by atoms with Crippen LogP contribution in [0.2, 0.25) is 5.02 Å². The fraction of sp³-hybridized carbons (Fsp3) is 0.533. The first-order chi connectivity index (χ1) is 11.6. The minimum atomic E-state index is -4.67. The monoisotopic (exact) mass is 392 g/mol. The van der Waals surface area contributed by atoms with E-state index in [0.29, 0.717) is 12.5 Å². The van der Waals surface area contributed by atoms with Crippen LogP contribution in [0.15, 0.2) is 29.3 Å². The molecule has 0 radical (unpaired) electrons. The molecule has 1 aliphatic heterocycles. The predicted molar refractivity (Wildman–Crippen MR) is 99.3 cm³/mol. The molecule has 0 aromatic heterocycles. The van der Waals surface area contributed by atoms with E-state index in [1.807, 2.05) is 12.1 Å². The van der Waals surface area contributed by atoms with Crippen molar-refractivity contribution in [2.45, 2.75) is 25.2 Å². The summed E-state index contributed by atoms with van der Waals surface area (Å²) < 4.78 is 31.6. The standard InChI is InChI=1S/C15H23ClN4.H2O4S/c16-14-5-3-13(4-6-14)12-2-1-9-20(10-7-12)11-8-19-15(17)18;1-5(2,3)4/h3-6,12H,1-2,7-11H2,(H4,17,18,19);(H2,1,2,3,4). The fourth-order valence-corrected chi connectivity index (χ4v) is 2.89. The van der Waals surface area contributed by atoms with Crippen LogP contribution in [0.3, 0.4) is 0 Å². The Balaban J connectivity index is 0.000000550. The maximum Gasteiger partial charge on any atom is 0.394 e. The van der Waals surface area contributed by atoms with Crippen LogP contribution >= 0.6 is 11.6 Å². The zero-order chi connectivity index (χ0) is 18.9. The van der Waals surface area contributed by atoms with Crippen molar-refractivity contribution in [3.8, 4) is 0 Å². The average molecular weight is 393 g/mol. The Hall–Kier alpha value is -1.39. The topological polar surface area (TPSA) is 142 Å². The third-order valence-electron chi connectivity index (χ3n) is 3.87. The Kier molecular flexibility index (Phi) is 9.15. The molecule has 2 rings (SSSR count). The zero-order valence-electron chi connectivity index (χ0n) is 13.9. The van der Waals surface area contributed by atoms with Crippen LogP contribution in [0.1, 0.15) is 30.7 Å². The lowest BCUT2D eigenvalue weighted by molar-refractivity contribution is 0.292. The molecule has 1 heterocycles. The summed E-state index contributed by atoms with van der Waals surface area (Å²) in [5.41, 5.74) is 12.1. The van der Waals surface area contributed by atoms with Gasteiger partial charge in [-0.15, -0.1) is 0 Å². The highest BCUT2D eigenvalue weighted by molar-refractivity contribution is 7.79. The molecule has 1 saturated heterocycles. The molecule has 1 aliphatic rings. The third kappa shape index (κ3) is 11.0. The zero-order valence-corrected chi connectivity index (χ0v) is 15.5. The lowest BCUT2D eigenvalue weighted by Crippen LogP contribution is -2.29. The van der Waals surface area contributed by atoms with Gasteiger partial charge in [0.2, 0.25) is 0 Å². The number of likely N-dealkylation sites (tertiary alicyclic amines) is 1. The van der Waals surface area contributed by atoms with Crippen LogP contribution in [0.4, 0.5) is 0 Å². The van der Waals surface area contributed by atoms with Gasteiger partial charge in [-0.3, -0.25) is 14.1 Å². The van der Waals surface area contributed by atoms with E-state index in [9.17, 15) is 0 Å². The molecule has 1 aromatic carbocycles. The van der Waals surface area contributed by atoms with E-state index in [-0.39, 0.29) is 5.96 Å². The van der Waals surface area contributed by atoms with Gasteiger partial charge in [0, 0.05) is 11.6 Å². The minimum Gasteiger partial charge on any atom is -0.370 e. The van der Waals surface area contributed by atoms with E-state index in [0.717, 1.165) is 24.7 Å². The molecule has 0 aliphatic carbocycles. The number of halogens is 1. The molecule has 142 valence electrons. The van der Waals surface area contributed by atoms with Crippen molar-refractivity contribution < 1.29 is 17.5 Å². The normalized spacial score (nSPS) is 18.6. The SMILES string of the molecule is NC(N)=NCCN1CCCC(c2ccc(Cl)cc2)CC1.O=S(=O)(O)O. The molecular weight excluding hydrogens is 368 g/mol. The maximum absolute atomic E-state index is 8.74. The Morgan fingerprint density at radius 2 is 1.80 bits per heavy atom. The van der Waals surface area contributed by atoms with Gasteiger partial charge in [0.15, 0.2) is 5.96 Å². The summed E-state index contributed by atoms with van der Waals surface area (Å²) in [4.78, 5) is 6.50. The largest absolute Gasteiger partial charge is 0.394 e. The first-order valence-electron chi connectivity index (χ1n) is 7.88. The van der Waals surface area contributed by atoms with Crippen molar-refractivity contribution in [3.05, 3.63) is 34.9 Å². The van der Waals surface area contributed by atoms with Crippen LogP contribution in [-0.2, 0) is 10.4 Å². The molecule has 10 heteroatoms. The van der Waals surface area contributed by atoms with Crippen molar-refractivity contribution >= 4 is 28.0 Å². The van der Waals surface area contributed by atoms with E-state index >= 15 is 0 Å². The smallest absolute Gasteiger partial charge is 0.370 e. The molecule has 0 spiro atoms. The summed E-state index contributed by atoms with van der Waals surface area (Å²) in [6.45, 7) is 3.86. The number of hydrogen-bond donors (Lipinski definition) is 4. The van der Waals surface area contributed by atoms with Crippen LogP contribution < -0.4 is 11.5 Å². The lowest BCUT2D eigenvalue weighted by atomic mass is 9.92. The van der Waals surface area contributed by atoms with Crippen molar-refractivity contribution in [2.24, 2.45) is 16.5 Å². The second kappa shape index (κ2) is 10.6. The number of nitrogens with zero attached hydrogens (tertiary/aromatic N) is 2. The number of benzene rings is 1. The van der Waals surface area contributed by atoms with Gasteiger partial charge >= 0.3 is 10.4 Å². The molecule has 1 unspecified atom stereocenters. The van der Waals surface area contributed by atoms with Crippen LogP contribution in [-0.4, -0.2) is 54.6 Å². The number of nitrogens with two attached hydrogens (primary N) is 2. The third-order valence-corrected chi connectivity index (χ3v) is 4.12. The number of aliphatic imine (C=N–C) groups is 1. The van der Waals surface area contributed by atoms with Gasteiger partial charge in [0.05, 0.1) is 6.54 Å². The summed E-state index contributed by atoms with van der Waals surface area (Å²) in [6.07, 6.45) is 3.64. The number of hydrogen-bond acceptors (Lipinski definition) is 4. The molecule has 1 fully saturated rings. The molecule has 25 heavy (non-hydrogen) atoms. The molecule has 0 amide bonds. The van der Waals surface area contributed by atoms with Crippen LogP contribution in [0.5, 0.6) is 0 Å². The molecule has 0 saturated carbocycles. The Labute approximate surface area is 153 Å². The predicted octanol–water partition coefficient (Wildman–Crippen LogP) is 1.53. The first kappa shape index (κ1) is 21.7. The molecule has 8 nitrogen and oxygen atoms in total. The van der Waals surface area contributed by atoms with Gasteiger partial charge in [-0.1, -0.05) is 23.7 Å². The van der Waals surface area contributed by atoms with E-state index in [2.05, 4.69) is 22.0 Å². The second-order valence-electron chi connectivity index (χ2n) is 5.78. The molecule has 1 atom stereocenters. The highest BCUT2D eigenvalue weighted by Gasteiger charge is 2.18. The van der Waals surface area contributed by atoms with Crippen LogP contribution in [0.25, 0.3) is 0 Å². The Bertz CT molecular complexity index is 640. The molecule has 0 bridgehead atoms. The van der Waals surface area contributed by atoms with E-state index in [4.69, 9.17) is 40.6 Å². The van der Waals surface area contributed by atoms with Gasteiger partial charge in [0.1, 0.15) is 0 Å². The van der Waals surface area contributed by atoms with Gasteiger partial charge in [-0.2, -0.15) is 8.42 Å². The quantitative estimate of drug-likeness (QED) is 0.345. The molecule has 6 N–H and O–H groups in total. The summed E-state index contributed by atoms with van der Waals surface area (Å²) in [7, 11) is -4.67. The Morgan fingerprint density at radius 3 is 2.36 bits per heavy atom. The van der Waals surface area contributed by atoms with E-state index in [1.165, 1.54) is 24.8 Å². The average Bonchev–Trinajstić information content (AvgIpc) is 2.72. The molecule has 1 aromatic rings. The van der Waals surface area contributed by atoms with Crippen molar-refractivity contribution in [2.75, 3.05) is 26.2 Å². The Morgan fingerprint density at radius 1 is 1.20 bits per heavy atom. The highest BCUT2D eigenvalue weighted by Crippen LogP contribution is 2.28. The maximum atomic E-state index is 8.74. The van der Waals surface area contributed by atoms with E-state index in [1.54, 1.807) is 0 Å². The summed E-state index contributed by atoms with van der Waals surface area (Å²) in [6, 6.07) is 8.28. The first-order valence-corrected chi connectivity index (χ1v) is 9.65. The second-order valence-corrected chi connectivity index (χ2v) is 7.11. The molecular formula is C15H25ClN4O4S. The van der Waals surface area contributed by atoms with Crippen molar-refractivity contribution in [3.63, 3.8) is 0 Å². The summed E-state index contributed by atoms with van der Waals surface area (Å²) in [5, 5.41) is 0.807. The van der Waals surface area contributed by atoms with Gasteiger partial charge in [0.25, 0.3) is 0 Å². The van der Waals surface area contributed by atoms with Gasteiger partial charge in [-0.05, 0) is 56.0 Å². The number of rotatable bonds is 4. The highest BCUT2D eigenvalue weighted by atomic mass is 35.5. The van der Waals surface area contributed by atoms with Gasteiger partial charge < -0.3 is 16.4 Å². The number of guanidine groups is 1. The summed E-state index contributed by atoms with van der Waals surface area (Å²) in [5.74, 6) is 0.819. The fourth-order valence-electron chi connectivity index (χ4n) is 2.77. The van der Waals surface area contributed by atoms with Crippen LogP contribution in [0, 0.1) is 0 Å². The van der Waals surface area contributed by atoms with E-state index < -0.39 is 10.4 Å². The minimum absolute atomic E-state index is 0.180. The van der Waals surface area contributed by atoms with Gasteiger partial charge in [-0.25, -0.2) is 0 Å². The lowest BCUT2D eigenvalue weighted by Gasteiger charge is -2.19. The van der Waals surface area contributed by atoms with Crippen molar-refractivity contribution in [1.29, 1.82) is 0 Å².